The Labute approximate surface area is 42.0 Å². The van der Waals surface area contributed by atoms with Crippen LogP contribution in [-0.2, 0) is 0 Å². The molecule has 0 aromatic carbocycles. The zero-order valence-electron chi connectivity index (χ0n) is 3.96. The number of hydrogen-bond donors (Lipinski definition) is 3. The molecule has 7 heavy (non-hydrogen) atoms. The van der Waals surface area contributed by atoms with E-state index in [1.54, 1.807) is 0 Å². The lowest BCUT2D eigenvalue weighted by atomic mass is 10.7. The third-order valence-electron chi connectivity index (χ3n) is 0.420. The molecule has 0 rings (SSSR count). The Morgan fingerprint density at radius 1 is 1.86 bits per heavy atom. The van der Waals surface area contributed by atoms with E-state index in [2.05, 4.69) is 10.4 Å². The van der Waals surface area contributed by atoms with Gasteiger partial charge in [-0.2, -0.15) is 0 Å². The second-order valence-corrected chi connectivity index (χ2v) is 0.915. The predicted molar refractivity (Wildman–Crippen MR) is 27.8 cm³/mol. The quantitative estimate of drug-likeness (QED) is 0.230. The number of aliphatic hydroxyl groups is 1. The normalized spacial score (nSPS) is 10.6. The van der Waals surface area contributed by atoms with Crippen LogP contribution in [0.3, 0.4) is 0 Å². The number of rotatable bonds is 3. The maximum atomic E-state index is 8.03. The number of hydrazine groups is 1. The molecule has 0 aliphatic heterocycles. The first-order chi connectivity index (χ1) is 3.41. The molecule has 0 unspecified atom stereocenters. The fourth-order valence-corrected chi connectivity index (χ4v) is 0.175. The Kier molecular flexibility index (Phi) is 5.19. The molecule has 0 heterocycles. The summed E-state index contributed by atoms with van der Waals surface area (Å²) in [4.78, 5) is 3.45. The Morgan fingerprint density at radius 3 is 3.00 bits per heavy atom. The Balaban J connectivity index is 2.78. The van der Waals surface area contributed by atoms with Crippen molar-refractivity contribution in [2.24, 2.45) is 10.8 Å². The predicted octanol–water partition coefficient (Wildman–Crippen LogP) is -1.53. The van der Waals surface area contributed by atoms with Gasteiger partial charge in [-0.25, -0.2) is 0 Å². The van der Waals surface area contributed by atoms with E-state index in [-0.39, 0.29) is 6.73 Å². The Bertz CT molecular complexity index is 54.1. The average molecular weight is 103 g/mol. The lowest BCUT2D eigenvalue weighted by Crippen LogP contribution is -2.23. The molecule has 0 aromatic rings. The zero-order valence-corrected chi connectivity index (χ0v) is 3.96. The molecule has 0 aliphatic rings. The number of hydrogen-bond acceptors (Lipinski definition) is 4. The second kappa shape index (κ2) is 5.55. The van der Waals surface area contributed by atoms with Crippen molar-refractivity contribution in [2.75, 3.05) is 13.3 Å². The topological polar surface area (TPSA) is 70.6 Å². The van der Waals surface area contributed by atoms with Crippen LogP contribution >= 0.6 is 0 Å². The highest BCUT2D eigenvalue weighted by Gasteiger charge is 1.66. The van der Waals surface area contributed by atoms with Gasteiger partial charge in [-0.3, -0.25) is 16.3 Å². The summed E-state index contributed by atoms with van der Waals surface area (Å²) in [5, 5.41) is 8.03. The van der Waals surface area contributed by atoms with Gasteiger partial charge in [-0.05, 0) is 0 Å². The SMILES string of the molecule is NNCC=NCO. The maximum Gasteiger partial charge on any atom is 0.133 e. The summed E-state index contributed by atoms with van der Waals surface area (Å²) in [5.74, 6) is 4.85. The van der Waals surface area contributed by atoms with E-state index in [1.165, 1.54) is 6.21 Å². The largest absolute Gasteiger partial charge is 0.375 e. The van der Waals surface area contributed by atoms with Gasteiger partial charge in [0.05, 0.1) is 0 Å². The van der Waals surface area contributed by atoms with Crippen molar-refractivity contribution in [3.05, 3.63) is 0 Å². The minimum absolute atomic E-state index is 0.165. The first-order valence-corrected chi connectivity index (χ1v) is 1.94. The molecule has 0 atom stereocenters. The van der Waals surface area contributed by atoms with Crippen LogP contribution in [0.2, 0.25) is 0 Å². The van der Waals surface area contributed by atoms with Crippen molar-refractivity contribution >= 4 is 6.21 Å². The molecule has 0 saturated carbocycles. The Morgan fingerprint density at radius 2 is 2.57 bits per heavy atom. The van der Waals surface area contributed by atoms with Crippen molar-refractivity contribution in [1.82, 2.24) is 5.43 Å². The van der Waals surface area contributed by atoms with Crippen LogP contribution in [-0.4, -0.2) is 24.6 Å². The van der Waals surface area contributed by atoms with E-state index >= 15 is 0 Å². The molecule has 0 bridgehead atoms. The molecule has 0 amide bonds. The van der Waals surface area contributed by atoms with Crippen molar-refractivity contribution in [1.29, 1.82) is 0 Å². The van der Waals surface area contributed by atoms with Gasteiger partial charge in [0, 0.05) is 12.8 Å². The summed E-state index contributed by atoms with van der Waals surface area (Å²) >= 11 is 0. The van der Waals surface area contributed by atoms with Crippen LogP contribution in [0.15, 0.2) is 4.99 Å². The van der Waals surface area contributed by atoms with Crippen LogP contribution in [0, 0.1) is 0 Å². The fraction of sp³-hybridized carbons (Fsp3) is 0.667. The number of nitrogens with zero attached hydrogens (tertiary/aromatic N) is 1. The van der Waals surface area contributed by atoms with Gasteiger partial charge in [0.2, 0.25) is 0 Å². The number of nitrogens with one attached hydrogen (secondary N) is 1. The molecule has 42 valence electrons. The molecule has 0 aromatic heterocycles. The summed E-state index contributed by atoms with van der Waals surface area (Å²) in [6.45, 7) is 0.336. The van der Waals surface area contributed by atoms with Gasteiger partial charge in [-0.1, -0.05) is 0 Å². The molecule has 4 heteroatoms. The third kappa shape index (κ3) is 5.55. The van der Waals surface area contributed by atoms with Crippen molar-refractivity contribution in [3.8, 4) is 0 Å². The third-order valence-corrected chi connectivity index (χ3v) is 0.420. The minimum Gasteiger partial charge on any atom is -0.375 e. The second-order valence-electron chi connectivity index (χ2n) is 0.915. The zero-order chi connectivity index (χ0) is 5.54. The van der Waals surface area contributed by atoms with Crippen LogP contribution < -0.4 is 11.3 Å². The molecule has 4 N–H and O–H groups in total. The van der Waals surface area contributed by atoms with E-state index < -0.39 is 0 Å². The Hall–Kier alpha value is -0.450. The monoisotopic (exact) mass is 103 g/mol. The van der Waals surface area contributed by atoms with E-state index in [9.17, 15) is 0 Å². The molecule has 0 radical (unpaired) electrons. The van der Waals surface area contributed by atoms with Crippen molar-refractivity contribution in [3.63, 3.8) is 0 Å². The van der Waals surface area contributed by atoms with Crippen molar-refractivity contribution in [2.45, 2.75) is 0 Å². The van der Waals surface area contributed by atoms with Gasteiger partial charge in [0.25, 0.3) is 0 Å². The van der Waals surface area contributed by atoms with E-state index in [4.69, 9.17) is 10.9 Å². The minimum atomic E-state index is -0.165. The van der Waals surface area contributed by atoms with Gasteiger partial charge < -0.3 is 5.11 Å². The highest BCUT2D eigenvalue weighted by molar-refractivity contribution is 5.59. The van der Waals surface area contributed by atoms with Gasteiger partial charge in [0.15, 0.2) is 0 Å². The smallest absolute Gasteiger partial charge is 0.133 e. The summed E-state index contributed by atoms with van der Waals surface area (Å²) in [7, 11) is 0. The number of nitrogens with two attached hydrogens (primary N) is 1. The fourth-order valence-electron chi connectivity index (χ4n) is 0.175. The van der Waals surface area contributed by atoms with Gasteiger partial charge >= 0.3 is 0 Å². The maximum absolute atomic E-state index is 8.03. The first-order valence-electron chi connectivity index (χ1n) is 1.94. The standard InChI is InChI=1S/C3H9N3O/c4-6-2-1-5-3-7/h1,6-7H,2-4H2. The number of aliphatic imine (C=N–C) groups is 1. The first kappa shape index (κ1) is 6.55. The molecule has 0 spiro atoms. The average Bonchev–Trinajstić information content (AvgIpc) is 1.69. The van der Waals surface area contributed by atoms with Crippen molar-refractivity contribution < 1.29 is 5.11 Å². The van der Waals surface area contributed by atoms with E-state index in [1.807, 2.05) is 0 Å². The summed E-state index contributed by atoms with van der Waals surface area (Å²) in [5.41, 5.74) is 2.34. The van der Waals surface area contributed by atoms with Crippen LogP contribution in [0.1, 0.15) is 0 Å². The molecule has 0 saturated heterocycles. The summed E-state index contributed by atoms with van der Waals surface area (Å²) < 4.78 is 0. The molecular formula is C3H9N3O. The molecule has 0 fully saturated rings. The molecule has 4 nitrogen and oxygen atoms in total. The van der Waals surface area contributed by atoms with E-state index in [0.717, 1.165) is 0 Å². The summed E-state index contributed by atoms with van der Waals surface area (Å²) in [6, 6.07) is 0. The van der Waals surface area contributed by atoms with E-state index in [0.29, 0.717) is 6.54 Å². The highest BCUT2D eigenvalue weighted by atomic mass is 16.3. The lowest BCUT2D eigenvalue weighted by molar-refractivity contribution is 0.310. The van der Waals surface area contributed by atoms with Gasteiger partial charge in [0.1, 0.15) is 6.73 Å². The summed E-state index contributed by atoms with van der Waals surface area (Å²) in [6.07, 6.45) is 1.50. The molecule has 0 aliphatic carbocycles. The van der Waals surface area contributed by atoms with Crippen LogP contribution in [0.25, 0.3) is 0 Å². The highest BCUT2D eigenvalue weighted by Crippen LogP contribution is 1.54. The van der Waals surface area contributed by atoms with Gasteiger partial charge in [-0.15, -0.1) is 0 Å². The van der Waals surface area contributed by atoms with Crippen LogP contribution in [0.5, 0.6) is 0 Å². The number of aliphatic hydroxyl groups excluding tert-OH is 1. The lowest BCUT2D eigenvalue weighted by Gasteiger charge is -1.84. The van der Waals surface area contributed by atoms with Crippen LogP contribution in [0.4, 0.5) is 0 Å². The molecular weight excluding hydrogens is 94.1 g/mol.